The van der Waals surface area contributed by atoms with Crippen LogP contribution in [0.3, 0.4) is 0 Å². The van der Waals surface area contributed by atoms with Gasteiger partial charge in [0, 0.05) is 29.2 Å². The molecule has 1 aliphatic heterocycles. The molecule has 0 amide bonds. The number of ketones is 1. The van der Waals surface area contributed by atoms with E-state index in [1.165, 1.54) is 23.9 Å². The van der Waals surface area contributed by atoms with E-state index in [0.717, 1.165) is 23.4 Å². The summed E-state index contributed by atoms with van der Waals surface area (Å²) in [7, 11) is 0. The largest absolute Gasteiger partial charge is 0.383 e. The molecule has 0 bridgehead atoms. The Morgan fingerprint density at radius 3 is 2.64 bits per heavy atom. The minimum absolute atomic E-state index is 0.0881. The number of carbonyl (C=O) groups is 1. The summed E-state index contributed by atoms with van der Waals surface area (Å²) in [5.74, 6) is 1.20. The van der Waals surface area contributed by atoms with Gasteiger partial charge in [-0.1, -0.05) is 44.7 Å². The highest BCUT2D eigenvalue weighted by molar-refractivity contribution is 7.99. The summed E-state index contributed by atoms with van der Waals surface area (Å²) in [5, 5.41) is 3.98. The van der Waals surface area contributed by atoms with Crippen molar-refractivity contribution in [3.63, 3.8) is 0 Å². The van der Waals surface area contributed by atoms with Crippen LogP contribution in [0.4, 0.5) is 16.0 Å². The van der Waals surface area contributed by atoms with Crippen molar-refractivity contribution in [2.45, 2.75) is 44.7 Å². The third-order valence-corrected chi connectivity index (χ3v) is 5.93. The van der Waals surface area contributed by atoms with Crippen molar-refractivity contribution in [2.24, 2.45) is 5.41 Å². The Balaban J connectivity index is 1.93. The third-order valence-electron chi connectivity index (χ3n) is 5.20. The first-order valence-corrected chi connectivity index (χ1v) is 10.4. The summed E-state index contributed by atoms with van der Waals surface area (Å²) in [6.45, 7) is 6.21. The Kier molecular flexibility index (Phi) is 4.65. The normalized spacial score (nSPS) is 20.4. The highest BCUT2D eigenvalue weighted by atomic mass is 32.2. The molecule has 2 heterocycles. The number of nitrogen functional groups attached to an aromatic ring is 1. The van der Waals surface area contributed by atoms with E-state index < -0.39 is 5.92 Å². The zero-order chi connectivity index (χ0) is 20.1. The van der Waals surface area contributed by atoms with Crippen molar-refractivity contribution < 1.29 is 9.18 Å². The quantitative estimate of drug-likeness (QED) is 0.585. The zero-order valence-electron chi connectivity index (χ0n) is 16.2. The number of nitrogens with one attached hydrogen (secondary N) is 1. The van der Waals surface area contributed by atoms with Crippen molar-refractivity contribution in [2.75, 3.05) is 16.8 Å². The Morgan fingerprint density at radius 1 is 1.25 bits per heavy atom. The molecule has 0 spiro atoms. The minimum Gasteiger partial charge on any atom is -0.383 e. The lowest BCUT2D eigenvalue weighted by Gasteiger charge is -2.39. The maximum absolute atomic E-state index is 13.5. The molecule has 0 unspecified atom stereocenters. The zero-order valence-corrected chi connectivity index (χ0v) is 17.0. The van der Waals surface area contributed by atoms with Crippen LogP contribution in [0.1, 0.15) is 50.7 Å². The first-order chi connectivity index (χ1) is 13.3. The lowest BCUT2D eigenvalue weighted by molar-refractivity contribution is -0.118. The van der Waals surface area contributed by atoms with Crippen LogP contribution in [0.5, 0.6) is 0 Å². The van der Waals surface area contributed by atoms with E-state index in [1.54, 1.807) is 12.1 Å². The van der Waals surface area contributed by atoms with Gasteiger partial charge >= 0.3 is 0 Å². The number of fused-ring (bicyclic) bond motifs is 1. The molecule has 0 fully saturated rings. The van der Waals surface area contributed by atoms with Crippen LogP contribution >= 0.6 is 11.8 Å². The van der Waals surface area contributed by atoms with Gasteiger partial charge in [-0.3, -0.25) is 4.79 Å². The number of halogens is 1. The summed E-state index contributed by atoms with van der Waals surface area (Å²) in [6.07, 6.45) is 1.20. The first kappa shape index (κ1) is 18.9. The van der Waals surface area contributed by atoms with Gasteiger partial charge in [0.1, 0.15) is 17.5 Å². The topological polar surface area (TPSA) is 80.9 Å². The fraction of sp³-hybridized carbons (Fsp3) is 0.381. The molecule has 2 aromatic rings. The van der Waals surface area contributed by atoms with Crippen molar-refractivity contribution in [3.8, 4) is 0 Å². The van der Waals surface area contributed by atoms with Gasteiger partial charge in [0.05, 0.1) is 0 Å². The molecule has 7 heteroatoms. The summed E-state index contributed by atoms with van der Waals surface area (Å²) in [6, 6.07) is 6.24. The lowest BCUT2D eigenvalue weighted by Crippen LogP contribution is -2.34. The predicted octanol–water partition coefficient (Wildman–Crippen LogP) is 4.51. The van der Waals surface area contributed by atoms with Gasteiger partial charge in [-0.05, 0) is 35.3 Å². The number of carbonyl (C=O) groups excluding carboxylic acids is 1. The molecular weight excluding hydrogens is 375 g/mol. The lowest BCUT2D eigenvalue weighted by atomic mass is 9.69. The fourth-order valence-electron chi connectivity index (χ4n) is 4.10. The maximum Gasteiger partial charge on any atom is 0.191 e. The molecule has 3 N–H and O–H groups in total. The molecular formula is C21H23FN4OS. The number of anilines is 2. The van der Waals surface area contributed by atoms with Gasteiger partial charge in [0.2, 0.25) is 0 Å². The number of hydrogen-bond donors (Lipinski definition) is 2. The van der Waals surface area contributed by atoms with Crippen LogP contribution in [0, 0.1) is 11.2 Å². The van der Waals surface area contributed by atoms with E-state index in [0.29, 0.717) is 34.3 Å². The molecule has 1 aromatic heterocycles. The number of allylic oxidation sites excluding steroid dienone is 2. The van der Waals surface area contributed by atoms with Gasteiger partial charge < -0.3 is 11.1 Å². The second-order valence-corrected chi connectivity index (χ2v) is 9.26. The number of hydrogen-bond acceptors (Lipinski definition) is 6. The Morgan fingerprint density at radius 2 is 1.96 bits per heavy atom. The predicted molar refractivity (Wildman–Crippen MR) is 110 cm³/mol. The monoisotopic (exact) mass is 398 g/mol. The Hall–Kier alpha value is -2.41. The number of rotatable bonds is 3. The Bertz CT molecular complexity index is 985. The molecule has 146 valence electrons. The second kappa shape index (κ2) is 6.88. The molecule has 1 aromatic carbocycles. The molecule has 0 saturated heterocycles. The number of Topliss-reactive ketones (excluding diaryl/α,β-unsaturated/α-hetero) is 1. The molecule has 1 atom stereocenters. The van der Waals surface area contributed by atoms with Crippen LogP contribution in [-0.4, -0.2) is 21.5 Å². The molecule has 5 nitrogen and oxygen atoms in total. The van der Waals surface area contributed by atoms with Crippen LogP contribution in [0.2, 0.25) is 0 Å². The first-order valence-electron chi connectivity index (χ1n) is 9.38. The SMILES string of the molecule is CCSc1nc(N)c2c(n1)NC1=C(C(=O)CC(C)(C)C1)[C@@H]2c1ccc(F)cc1. The van der Waals surface area contributed by atoms with Gasteiger partial charge in [0.25, 0.3) is 0 Å². The van der Waals surface area contributed by atoms with Crippen LogP contribution < -0.4 is 11.1 Å². The van der Waals surface area contributed by atoms with Gasteiger partial charge in [-0.15, -0.1) is 0 Å². The minimum atomic E-state index is -0.392. The second-order valence-electron chi connectivity index (χ2n) is 8.03. The smallest absolute Gasteiger partial charge is 0.191 e. The molecule has 28 heavy (non-hydrogen) atoms. The van der Waals surface area contributed by atoms with E-state index in [2.05, 4.69) is 29.1 Å². The fourth-order valence-corrected chi connectivity index (χ4v) is 4.67. The van der Waals surface area contributed by atoms with E-state index >= 15 is 0 Å². The standard InChI is InChI=1S/C21H23FN4OS/c1-4-28-20-25-18(23)17-15(11-5-7-12(22)8-6-11)16-13(24-19(17)26-20)9-21(2,3)10-14(16)27/h5-8,15H,4,9-10H2,1-3H3,(H3,23,24,25,26)/t15-/m0/s1. The third kappa shape index (κ3) is 3.28. The van der Waals surface area contributed by atoms with Crippen molar-refractivity contribution in [1.29, 1.82) is 0 Å². The van der Waals surface area contributed by atoms with Gasteiger partial charge in [0.15, 0.2) is 10.9 Å². The van der Waals surface area contributed by atoms with Crippen molar-refractivity contribution in [1.82, 2.24) is 9.97 Å². The number of nitrogens with zero attached hydrogens (tertiary/aromatic N) is 2. The number of nitrogens with two attached hydrogens (primary N) is 1. The van der Waals surface area contributed by atoms with Crippen molar-refractivity contribution in [3.05, 3.63) is 52.5 Å². The summed E-state index contributed by atoms with van der Waals surface area (Å²) in [4.78, 5) is 22.2. The summed E-state index contributed by atoms with van der Waals surface area (Å²) < 4.78 is 13.5. The number of aromatic nitrogens is 2. The molecule has 2 aliphatic rings. The van der Waals surface area contributed by atoms with E-state index in [-0.39, 0.29) is 17.0 Å². The van der Waals surface area contributed by atoms with Crippen LogP contribution in [0.15, 0.2) is 40.7 Å². The highest BCUT2D eigenvalue weighted by Crippen LogP contribution is 2.50. The van der Waals surface area contributed by atoms with E-state index in [9.17, 15) is 9.18 Å². The molecule has 1 aliphatic carbocycles. The van der Waals surface area contributed by atoms with E-state index in [4.69, 9.17) is 5.73 Å². The highest BCUT2D eigenvalue weighted by Gasteiger charge is 2.42. The molecule has 4 rings (SSSR count). The van der Waals surface area contributed by atoms with Gasteiger partial charge in [-0.2, -0.15) is 0 Å². The van der Waals surface area contributed by atoms with Gasteiger partial charge in [-0.25, -0.2) is 14.4 Å². The summed E-state index contributed by atoms with van der Waals surface area (Å²) >= 11 is 1.52. The average Bonchev–Trinajstić information content (AvgIpc) is 2.60. The Labute approximate surface area is 168 Å². The number of benzene rings is 1. The van der Waals surface area contributed by atoms with Crippen LogP contribution in [-0.2, 0) is 4.79 Å². The number of thioether (sulfide) groups is 1. The average molecular weight is 399 g/mol. The maximum atomic E-state index is 13.5. The van der Waals surface area contributed by atoms with Crippen molar-refractivity contribution >= 4 is 29.2 Å². The summed E-state index contributed by atoms with van der Waals surface area (Å²) in [5.41, 5.74) is 9.30. The molecule has 0 radical (unpaired) electrons. The molecule has 0 saturated carbocycles. The van der Waals surface area contributed by atoms with E-state index in [1.807, 2.05) is 6.92 Å². The van der Waals surface area contributed by atoms with Crippen LogP contribution in [0.25, 0.3) is 0 Å².